The van der Waals surface area contributed by atoms with Crippen molar-refractivity contribution in [3.05, 3.63) is 61.7 Å². The molecule has 0 saturated heterocycles. The molecule has 0 aliphatic heterocycles. The number of carbonyl (C=O) groups excluding carboxylic acids is 1. The maximum Gasteiger partial charge on any atom is 0.202 e. The number of carbonyl (C=O) groups is 1. The van der Waals surface area contributed by atoms with Crippen molar-refractivity contribution in [2.24, 2.45) is 0 Å². The molecule has 2 rings (SSSR count). The van der Waals surface area contributed by atoms with Crippen molar-refractivity contribution in [1.82, 2.24) is 0 Å². The number of ether oxygens (including phenoxy) is 1. The molecular weight excluding hydrogens is 426 g/mol. The smallest absolute Gasteiger partial charge is 0.202 e. The Labute approximate surface area is 143 Å². The zero-order valence-corrected chi connectivity index (χ0v) is 14.8. The number of hydrogen-bond acceptors (Lipinski definition) is 2. The molecule has 1 unspecified atom stereocenters. The fourth-order valence-electron chi connectivity index (χ4n) is 1.69. The molecule has 1 atom stereocenters. The molecule has 0 aliphatic rings. The van der Waals surface area contributed by atoms with Crippen molar-refractivity contribution in [1.29, 1.82) is 0 Å². The van der Waals surface area contributed by atoms with Gasteiger partial charge in [-0.2, -0.15) is 0 Å². The Balaban J connectivity index is 2.18. The molecule has 0 bridgehead atoms. The zero-order chi connectivity index (χ0) is 15.6. The first-order chi connectivity index (χ1) is 9.88. The van der Waals surface area contributed by atoms with Gasteiger partial charge in [0.1, 0.15) is 11.6 Å². The highest BCUT2D eigenvalue weighted by molar-refractivity contribution is 9.10. The highest BCUT2D eigenvalue weighted by Crippen LogP contribution is 2.31. The summed E-state index contributed by atoms with van der Waals surface area (Å²) >= 11 is 12.2. The number of halogens is 4. The molecule has 0 spiro atoms. The van der Waals surface area contributed by atoms with Gasteiger partial charge in [-0.05, 0) is 41.1 Å². The summed E-state index contributed by atoms with van der Waals surface area (Å²) in [5, 5.41) is -0.0129. The first kappa shape index (κ1) is 16.5. The van der Waals surface area contributed by atoms with E-state index in [1.807, 2.05) is 0 Å². The summed E-state index contributed by atoms with van der Waals surface area (Å²) in [6, 6.07) is 9.49. The van der Waals surface area contributed by atoms with E-state index in [2.05, 4.69) is 31.9 Å². The van der Waals surface area contributed by atoms with E-state index in [9.17, 15) is 9.18 Å². The van der Waals surface area contributed by atoms with Crippen LogP contribution in [0.15, 0.2) is 45.3 Å². The average Bonchev–Trinajstić information content (AvgIpc) is 2.44. The van der Waals surface area contributed by atoms with Crippen molar-refractivity contribution in [2.45, 2.75) is 13.0 Å². The number of hydrogen-bond donors (Lipinski definition) is 0. The molecular formula is C15H10Br2ClFO2. The van der Waals surface area contributed by atoms with Crippen LogP contribution >= 0.6 is 43.5 Å². The Morgan fingerprint density at radius 1 is 1.24 bits per heavy atom. The minimum Gasteiger partial charge on any atom is -0.481 e. The predicted octanol–water partition coefficient (Wildman–Crippen LogP) is 5.65. The SMILES string of the molecule is CC(Oc1cc(F)c(Cl)cc1Br)C(=O)c1ccc(Br)cc1. The largest absolute Gasteiger partial charge is 0.481 e. The summed E-state index contributed by atoms with van der Waals surface area (Å²) in [6.07, 6.45) is -0.747. The fourth-order valence-corrected chi connectivity index (χ4v) is 2.68. The monoisotopic (exact) mass is 434 g/mol. The van der Waals surface area contributed by atoms with E-state index in [0.29, 0.717) is 10.0 Å². The minimum absolute atomic E-state index is 0.0129. The Kier molecular flexibility index (Phi) is 5.41. The number of benzene rings is 2. The van der Waals surface area contributed by atoms with Crippen LogP contribution in [0.4, 0.5) is 4.39 Å². The van der Waals surface area contributed by atoms with Crippen molar-refractivity contribution >= 4 is 49.2 Å². The van der Waals surface area contributed by atoms with Crippen LogP contribution in [0.1, 0.15) is 17.3 Å². The molecule has 110 valence electrons. The van der Waals surface area contributed by atoms with E-state index in [1.165, 1.54) is 6.07 Å². The van der Waals surface area contributed by atoms with Crippen LogP contribution in [0.2, 0.25) is 5.02 Å². The van der Waals surface area contributed by atoms with E-state index in [1.54, 1.807) is 31.2 Å². The molecule has 2 nitrogen and oxygen atoms in total. The standard InChI is InChI=1S/C15H10Br2ClFO2/c1-8(15(20)9-2-4-10(16)5-3-9)21-14-7-13(19)12(18)6-11(14)17/h2-8H,1H3. The van der Waals surface area contributed by atoms with Gasteiger partial charge in [0, 0.05) is 16.1 Å². The Hall–Kier alpha value is -0.910. The van der Waals surface area contributed by atoms with Gasteiger partial charge in [-0.25, -0.2) is 4.39 Å². The van der Waals surface area contributed by atoms with Crippen LogP contribution in [-0.2, 0) is 0 Å². The second-order valence-corrected chi connectivity index (χ2v) is 6.51. The van der Waals surface area contributed by atoms with E-state index in [4.69, 9.17) is 16.3 Å². The van der Waals surface area contributed by atoms with Crippen LogP contribution in [0, 0.1) is 5.82 Å². The highest BCUT2D eigenvalue weighted by Gasteiger charge is 2.19. The summed E-state index contributed by atoms with van der Waals surface area (Å²) in [7, 11) is 0. The van der Waals surface area contributed by atoms with E-state index in [-0.39, 0.29) is 16.6 Å². The lowest BCUT2D eigenvalue weighted by Crippen LogP contribution is -2.24. The van der Waals surface area contributed by atoms with Gasteiger partial charge < -0.3 is 4.74 Å². The number of ketones is 1. The van der Waals surface area contributed by atoms with Gasteiger partial charge in [-0.3, -0.25) is 4.79 Å². The van der Waals surface area contributed by atoms with Crippen LogP contribution in [0.5, 0.6) is 5.75 Å². The first-order valence-electron chi connectivity index (χ1n) is 5.99. The van der Waals surface area contributed by atoms with E-state index < -0.39 is 11.9 Å². The third kappa shape index (κ3) is 4.05. The van der Waals surface area contributed by atoms with Crippen molar-refractivity contribution in [3.63, 3.8) is 0 Å². The number of Topliss-reactive ketones (excluding diaryl/α,β-unsaturated/α-hetero) is 1. The van der Waals surface area contributed by atoms with Crippen LogP contribution in [-0.4, -0.2) is 11.9 Å². The molecule has 2 aromatic rings. The van der Waals surface area contributed by atoms with Gasteiger partial charge in [-0.15, -0.1) is 0 Å². The van der Waals surface area contributed by atoms with Gasteiger partial charge >= 0.3 is 0 Å². The Bertz CT molecular complexity index is 674. The van der Waals surface area contributed by atoms with Crippen LogP contribution < -0.4 is 4.74 Å². The quantitative estimate of drug-likeness (QED) is 0.457. The van der Waals surface area contributed by atoms with Crippen molar-refractivity contribution in [3.8, 4) is 5.75 Å². The summed E-state index contributed by atoms with van der Waals surface area (Å²) < 4.78 is 20.4. The van der Waals surface area contributed by atoms with Gasteiger partial charge in [0.25, 0.3) is 0 Å². The van der Waals surface area contributed by atoms with Crippen LogP contribution in [0.25, 0.3) is 0 Å². The molecule has 0 radical (unpaired) electrons. The average molecular weight is 437 g/mol. The second-order valence-electron chi connectivity index (χ2n) is 4.33. The summed E-state index contributed by atoms with van der Waals surface area (Å²) in [5.41, 5.74) is 0.524. The van der Waals surface area contributed by atoms with Crippen LogP contribution in [0.3, 0.4) is 0 Å². The lowest BCUT2D eigenvalue weighted by Gasteiger charge is -2.15. The topological polar surface area (TPSA) is 26.3 Å². The number of rotatable bonds is 4. The Morgan fingerprint density at radius 2 is 1.86 bits per heavy atom. The van der Waals surface area contributed by atoms with E-state index >= 15 is 0 Å². The maximum atomic E-state index is 13.5. The molecule has 0 saturated carbocycles. The molecule has 0 aromatic heterocycles. The van der Waals surface area contributed by atoms with Crippen molar-refractivity contribution in [2.75, 3.05) is 0 Å². The summed E-state index contributed by atoms with van der Waals surface area (Å²) in [6.45, 7) is 1.61. The van der Waals surface area contributed by atoms with Gasteiger partial charge in [0.2, 0.25) is 5.78 Å². The first-order valence-corrected chi connectivity index (χ1v) is 7.96. The van der Waals surface area contributed by atoms with Gasteiger partial charge in [0.05, 0.1) is 9.50 Å². The molecule has 21 heavy (non-hydrogen) atoms. The normalized spacial score (nSPS) is 12.0. The second kappa shape index (κ2) is 6.90. The molecule has 0 heterocycles. The van der Waals surface area contributed by atoms with Crippen molar-refractivity contribution < 1.29 is 13.9 Å². The molecule has 0 aliphatic carbocycles. The van der Waals surface area contributed by atoms with Gasteiger partial charge in [0.15, 0.2) is 6.10 Å². The molecule has 6 heteroatoms. The third-order valence-corrected chi connectivity index (χ3v) is 4.21. The van der Waals surface area contributed by atoms with E-state index in [0.717, 1.165) is 10.5 Å². The zero-order valence-electron chi connectivity index (χ0n) is 10.9. The highest BCUT2D eigenvalue weighted by atomic mass is 79.9. The third-order valence-electron chi connectivity index (χ3n) is 2.78. The molecule has 0 N–H and O–H groups in total. The lowest BCUT2D eigenvalue weighted by atomic mass is 10.1. The summed E-state index contributed by atoms with van der Waals surface area (Å²) in [5.74, 6) is -0.558. The summed E-state index contributed by atoms with van der Waals surface area (Å²) in [4.78, 5) is 12.2. The van der Waals surface area contributed by atoms with Gasteiger partial charge in [-0.1, -0.05) is 39.7 Å². The molecule has 0 fully saturated rings. The minimum atomic E-state index is -0.747. The predicted molar refractivity (Wildman–Crippen MR) is 87.7 cm³/mol. The maximum absolute atomic E-state index is 13.5. The lowest BCUT2D eigenvalue weighted by molar-refractivity contribution is 0.0816. The molecule has 2 aromatic carbocycles. The Morgan fingerprint density at radius 3 is 2.48 bits per heavy atom. The fraction of sp³-hybridized carbons (Fsp3) is 0.133. The molecule has 0 amide bonds.